The number of carbonyl (C=O) groups is 1. The molecule has 3 N–H and O–H groups in total. The summed E-state index contributed by atoms with van der Waals surface area (Å²) in [6.07, 6.45) is 1.74. The van der Waals surface area contributed by atoms with E-state index in [2.05, 4.69) is 20.6 Å². The fourth-order valence-electron chi connectivity index (χ4n) is 2.60. The molecule has 0 spiro atoms. The number of nitrogens with zero attached hydrogens (tertiary/aromatic N) is 4. The van der Waals surface area contributed by atoms with Crippen molar-refractivity contribution >= 4 is 17.3 Å². The maximum absolute atomic E-state index is 12.4. The maximum Gasteiger partial charge on any atom is 0.230 e. The number of carbonyl (C=O) groups excluding carboxylic acids is 1. The van der Waals surface area contributed by atoms with Gasteiger partial charge in [-0.15, -0.1) is 10.2 Å². The van der Waals surface area contributed by atoms with Crippen molar-refractivity contribution in [3.8, 4) is 11.4 Å². The minimum Gasteiger partial charge on any atom is -0.399 e. The molecule has 3 rings (SSSR count). The van der Waals surface area contributed by atoms with Gasteiger partial charge in [0.1, 0.15) is 0 Å². The lowest BCUT2D eigenvalue weighted by Gasteiger charge is -2.19. The summed E-state index contributed by atoms with van der Waals surface area (Å²) >= 11 is 0. The lowest BCUT2D eigenvalue weighted by atomic mass is 10.1. The Morgan fingerprint density at radius 1 is 1.50 bits per heavy atom. The Labute approximate surface area is 116 Å². The van der Waals surface area contributed by atoms with Crippen molar-refractivity contribution in [2.45, 2.75) is 19.8 Å². The summed E-state index contributed by atoms with van der Waals surface area (Å²) < 4.78 is 0. The van der Waals surface area contributed by atoms with Crippen molar-refractivity contribution in [3.63, 3.8) is 0 Å². The van der Waals surface area contributed by atoms with E-state index in [1.807, 2.05) is 13.0 Å². The first-order valence-electron chi connectivity index (χ1n) is 6.65. The van der Waals surface area contributed by atoms with Gasteiger partial charge < -0.3 is 10.6 Å². The third-order valence-electron chi connectivity index (χ3n) is 3.71. The number of nitrogen functional groups attached to an aromatic ring is 1. The zero-order valence-corrected chi connectivity index (χ0v) is 11.2. The number of aromatic amines is 1. The van der Waals surface area contributed by atoms with Crippen molar-refractivity contribution in [3.05, 3.63) is 18.2 Å². The summed E-state index contributed by atoms with van der Waals surface area (Å²) in [5.41, 5.74) is 7.95. The lowest BCUT2D eigenvalue weighted by molar-refractivity contribution is -0.120. The number of H-pyrrole nitrogens is 1. The second kappa shape index (κ2) is 4.92. The van der Waals surface area contributed by atoms with E-state index in [0.29, 0.717) is 18.1 Å². The molecule has 0 saturated carbocycles. The summed E-state index contributed by atoms with van der Waals surface area (Å²) in [6, 6.07) is 5.40. The van der Waals surface area contributed by atoms with Gasteiger partial charge in [-0.2, -0.15) is 5.21 Å². The van der Waals surface area contributed by atoms with E-state index >= 15 is 0 Å². The van der Waals surface area contributed by atoms with Crippen molar-refractivity contribution < 1.29 is 4.79 Å². The molecule has 0 bridgehead atoms. The third-order valence-corrected chi connectivity index (χ3v) is 3.71. The van der Waals surface area contributed by atoms with Gasteiger partial charge in [0.15, 0.2) is 0 Å². The Hall–Kier alpha value is -2.44. The molecule has 1 aromatic heterocycles. The highest BCUT2D eigenvalue weighted by Gasteiger charge is 2.32. The number of rotatable bonds is 3. The Bertz CT molecular complexity index is 624. The molecule has 1 atom stereocenters. The molecule has 2 aromatic rings. The predicted octanol–water partition coefficient (Wildman–Crippen LogP) is 1.21. The van der Waals surface area contributed by atoms with E-state index in [0.717, 1.165) is 24.1 Å². The Morgan fingerprint density at radius 2 is 2.35 bits per heavy atom. The second-order valence-electron chi connectivity index (χ2n) is 4.90. The molecule has 1 aliphatic heterocycles. The average molecular weight is 272 g/mol. The number of aromatic nitrogens is 4. The van der Waals surface area contributed by atoms with Crippen molar-refractivity contribution in [2.24, 2.45) is 5.92 Å². The van der Waals surface area contributed by atoms with E-state index in [1.165, 1.54) is 0 Å². The monoisotopic (exact) mass is 272 g/mol. The van der Waals surface area contributed by atoms with Gasteiger partial charge in [0, 0.05) is 23.7 Å². The number of hydrogen-bond acceptors (Lipinski definition) is 5. The molecule has 1 unspecified atom stereocenters. The smallest absolute Gasteiger partial charge is 0.230 e. The van der Waals surface area contributed by atoms with Gasteiger partial charge in [0.05, 0.1) is 5.69 Å². The number of benzene rings is 1. The van der Waals surface area contributed by atoms with E-state index in [4.69, 9.17) is 5.73 Å². The van der Waals surface area contributed by atoms with Crippen LogP contribution >= 0.6 is 0 Å². The molecule has 20 heavy (non-hydrogen) atoms. The molecule has 0 aliphatic carbocycles. The SMILES string of the molecule is CCC1CCN(c2ccc(N)cc2-c2nn[nH]n2)C1=O. The standard InChI is InChI=1S/C13H16N6O/c1-2-8-5-6-19(13(8)20)11-4-3-9(14)7-10(11)12-15-17-18-16-12/h3-4,7-8H,2,5-6,14H2,1H3,(H,15,16,17,18). The molecule has 1 aromatic carbocycles. The fraction of sp³-hybridized carbons (Fsp3) is 0.385. The summed E-state index contributed by atoms with van der Waals surface area (Å²) in [4.78, 5) is 14.2. The van der Waals surface area contributed by atoms with Crippen LogP contribution in [0.4, 0.5) is 11.4 Å². The Morgan fingerprint density at radius 3 is 3.00 bits per heavy atom. The van der Waals surface area contributed by atoms with Crippen LogP contribution < -0.4 is 10.6 Å². The number of nitrogens with two attached hydrogens (primary N) is 1. The van der Waals surface area contributed by atoms with Crippen molar-refractivity contribution in [1.29, 1.82) is 0 Å². The first-order chi connectivity index (χ1) is 9.70. The highest BCUT2D eigenvalue weighted by molar-refractivity contribution is 6.00. The maximum atomic E-state index is 12.4. The highest BCUT2D eigenvalue weighted by Crippen LogP contribution is 2.34. The molecule has 7 heteroatoms. The van der Waals surface area contributed by atoms with E-state index in [1.54, 1.807) is 17.0 Å². The molecule has 7 nitrogen and oxygen atoms in total. The number of nitrogens with one attached hydrogen (secondary N) is 1. The number of hydrogen-bond donors (Lipinski definition) is 2. The summed E-state index contributed by atoms with van der Waals surface area (Å²) in [7, 11) is 0. The molecule has 0 radical (unpaired) electrons. The number of amides is 1. The molecule has 1 fully saturated rings. The van der Waals surface area contributed by atoms with Crippen molar-refractivity contribution in [2.75, 3.05) is 17.2 Å². The molecule has 1 aliphatic rings. The Kier molecular flexibility index (Phi) is 3.09. The van der Waals surface area contributed by atoms with Gasteiger partial charge in [-0.3, -0.25) is 4.79 Å². The largest absolute Gasteiger partial charge is 0.399 e. The molecular formula is C13H16N6O. The van der Waals surface area contributed by atoms with Crippen LogP contribution in [0.1, 0.15) is 19.8 Å². The van der Waals surface area contributed by atoms with Gasteiger partial charge in [0.25, 0.3) is 0 Å². The summed E-state index contributed by atoms with van der Waals surface area (Å²) in [5, 5.41) is 14.0. The summed E-state index contributed by atoms with van der Waals surface area (Å²) in [6.45, 7) is 2.75. The third kappa shape index (κ3) is 2.01. The number of anilines is 2. The average Bonchev–Trinajstić information content (AvgIpc) is 3.08. The van der Waals surface area contributed by atoms with E-state index in [-0.39, 0.29) is 11.8 Å². The van der Waals surface area contributed by atoms with Gasteiger partial charge >= 0.3 is 0 Å². The van der Waals surface area contributed by atoms with Crippen LogP contribution in [-0.2, 0) is 4.79 Å². The van der Waals surface area contributed by atoms with E-state index in [9.17, 15) is 4.79 Å². The van der Waals surface area contributed by atoms with Crippen LogP contribution in [0, 0.1) is 5.92 Å². The molecule has 1 amide bonds. The zero-order chi connectivity index (χ0) is 14.1. The summed E-state index contributed by atoms with van der Waals surface area (Å²) in [5.74, 6) is 0.702. The first-order valence-corrected chi connectivity index (χ1v) is 6.65. The van der Waals surface area contributed by atoms with Crippen LogP contribution in [0.5, 0.6) is 0 Å². The molecular weight excluding hydrogens is 256 g/mol. The highest BCUT2D eigenvalue weighted by atomic mass is 16.2. The zero-order valence-electron chi connectivity index (χ0n) is 11.2. The normalized spacial score (nSPS) is 18.8. The van der Waals surface area contributed by atoms with Crippen LogP contribution in [0.3, 0.4) is 0 Å². The van der Waals surface area contributed by atoms with Crippen LogP contribution in [0.25, 0.3) is 11.4 Å². The van der Waals surface area contributed by atoms with Gasteiger partial charge in [-0.05, 0) is 36.3 Å². The first kappa shape index (κ1) is 12.6. The fourth-order valence-corrected chi connectivity index (χ4v) is 2.60. The number of tetrazole rings is 1. The minimum absolute atomic E-state index is 0.102. The quantitative estimate of drug-likeness (QED) is 0.818. The van der Waals surface area contributed by atoms with Gasteiger partial charge in [-0.25, -0.2) is 0 Å². The Balaban J connectivity index is 2.04. The minimum atomic E-state index is 0.102. The topological polar surface area (TPSA) is 101 Å². The van der Waals surface area contributed by atoms with Gasteiger partial charge in [-0.1, -0.05) is 6.92 Å². The second-order valence-corrected chi connectivity index (χ2v) is 4.90. The van der Waals surface area contributed by atoms with Crippen LogP contribution in [0.2, 0.25) is 0 Å². The van der Waals surface area contributed by atoms with Crippen LogP contribution in [0.15, 0.2) is 18.2 Å². The van der Waals surface area contributed by atoms with Crippen molar-refractivity contribution in [1.82, 2.24) is 20.6 Å². The predicted molar refractivity (Wildman–Crippen MR) is 74.8 cm³/mol. The molecule has 1 saturated heterocycles. The lowest BCUT2D eigenvalue weighted by Crippen LogP contribution is -2.27. The molecule has 2 heterocycles. The van der Waals surface area contributed by atoms with Crippen LogP contribution in [-0.4, -0.2) is 33.1 Å². The molecule has 104 valence electrons. The van der Waals surface area contributed by atoms with E-state index < -0.39 is 0 Å². The van der Waals surface area contributed by atoms with Gasteiger partial charge in [0.2, 0.25) is 11.7 Å².